The molecule has 1 aliphatic carbocycles. The van der Waals surface area contributed by atoms with Crippen LogP contribution in [0.15, 0.2) is 0 Å². The molecule has 0 saturated heterocycles. The Morgan fingerprint density at radius 1 is 1.16 bits per heavy atom. The molecule has 0 aromatic rings. The van der Waals surface area contributed by atoms with Crippen molar-refractivity contribution in [2.75, 3.05) is 6.61 Å². The van der Waals surface area contributed by atoms with Crippen molar-refractivity contribution in [2.45, 2.75) is 32.6 Å². The molecule has 0 heterocycles. The lowest BCUT2D eigenvalue weighted by molar-refractivity contribution is -0.223. The smallest absolute Gasteiger partial charge is 0.432 e. The van der Waals surface area contributed by atoms with Gasteiger partial charge in [0.25, 0.3) is 0 Å². The summed E-state index contributed by atoms with van der Waals surface area (Å²) in [6.07, 6.45) is 2.32. The summed E-state index contributed by atoms with van der Waals surface area (Å²) in [5.74, 6) is -3.02. The van der Waals surface area contributed by atoms with Gasteiger partial charge in [0.2, 0.25) is 0 Å². The highest BCUT2D eigenvalue weighted by molar-refractivity contribution is 7.80. The number of ether oxygens (including phenoxy) is 1. The molecule has 2 unspecified atom stereocenters. The van der Waals surface area contributed by atoms with E-state index in [4.69, 9.17) is 9.29 Å². The number of carbonyl (C=O) groups excluding carboxylic acids is 2. The lowest BCUT2D eigenvalue weighted by Crippen LogP contribution is -2.35. The molecular formula is C10H16O8S. The maximum atomic E-state index is 11.7. The standard InChI is InChI=1S/C10H16O8S/c1-2-16-9(11)7-5-3-4-6-8(7)10(12)17-18-19(13,14)15/h7-8H,2-6H2,1H3,(H,13,14,15). The molecule has 1 fully saturated rings. The van der Waals surface area contributed by atoms with Crippen LogP contribution in [0.5, 0.6) is 0 Å². The van der Waals surface area contributed by atoms with E-state index in [1.54, 1.807) is 6.92 Å². The number of hydrogen-bond donors (Lipinski definition) is 1. The summed E-state index contributed by atoms with van der Waals surface area (Å²) in [5, 5.41) is 0. The number of carbonyl (C=O) groups is 2. The van der Waals surface area contributed by atoms with E-state index in [9.17, 15) is 18.0 Å². The van der Waals surface area contributed by atoms with Crippen LogP contribution in [0.4, 0.5) is 0 Å². The lowest BCUT2D eigenvalue weighted by Gasteiger charge is -2.27. The summed E-state index contributed by atoms with van der Waals surface area (Å²) in [6.45, 7) is 1.84. The van der Waals surface area contributed by atoms with Gasteiger partial charge >= 0.3 is 22.3 Å². The minimum absolute atomic E-state index is 0.193. The molecule has 1 saturated carbocycles. The van der Waals surface area contributed by atoms with Gasteiger partial charge in [0.1, 0.15) is 0 Å². The van der Waals surface area contributed by atoms with Crippen molar-refractivity contribution < 1.29 is 36.5 Å². The van der Waals surface area contributed by atoms with E-state index in [0.29, 0.717) is 19.3 Å². The zero-order chi connectivity index (χ0) is 14.5. The molecule has 1 rings (SSSR count). The van der Waals surface area contributed by atoms with Crippen molar-refractivity contribution in [3.05, 3.63) is 0 Å². The van der Waals surface area contributed by atoms with Crippen LogP contribution < -0.4 is 0 Å². The van der Waals surface area contributed by atoms with E-state index < -0.39 is 34.2 Å². The summed E-state index contributed by atoms with van der Waals surface area (Å²) in [5.41, 5.74) is 0. The zero-order valence-electron chi connectivity index (χ0n) is 10.4. The maximum Gasteiger partial charge on any atom is 0.432 e. The van der Waals surface area contributed by atoms with Gasteiger partial charge in [-0.2, -0.15) is 8.42 Å². The Bertz CT molecular complexity index is 429. The molecule has 0 aromatic carbocycles. The van der Waals surface area contributed by atoms with Crippen LogP contribution in [-0.4, -0.2) is 31.5 Å². The van der Waals surface area contributed by atoms with E-state index in [1.807, 2.05) is 0 Å². The predicted molar refractivity (Wildman–Crippen MR) is 60.8 cm³/mol. The van der Waals surface area contributed by atoms with Gasteiger partial charge in [-0.05, 0) is 24.1 Å². The Hall–Kier alpha value is -1.19. The van der Waals surface area contributed by atoms with E-state index in [1.165, 1.54) is 0 Å². The average molecular weight is 296 g/mol. The summed E-state index contributed by atoms with van der Waals surface area (Å²) in [7, 11) is -4.87. The van der Waals surface area contributed by atoms with E-state index in [0.717, 1.165) is 6.42 Å². The second kappa shape index (κ2) is 6.83. The van der Waals surface area contributed by atoms with Crippen LogP contribution in [-0.2, 0) is 33.9 Å². The second-order valence-corrected chi connectivity index (χ2v) is 5.14. The largest absolute Gasteiger partial charge is 0.466 e. The molecule has 2 atom stereocenters. The molecule has 1 aliphatic rings. The molecule has 8 nitrogen and oxygen atoms in total. The normalized spacial score (nSPS) is 23.7. The van der Waals surface area contributed by atoms with Gasteiger partial charge in [0.05, 0.1) is 18.4 Å². The van der Waals surface area contributed by atoms with Crippen LogP contribution in [0.2, 0.25) is 0 Å². The Labute approximate surface area is 110 Å². The van der Waals surface area contributed by atoms with Gasteiger partial charge in [0, 0.05) is 0 Å². The van der Waals surface area contributed by atoms with Crippen LogP contribution in [0, 0.1) is 11.8 Å². The quantitative estimate of drug-likeness (QED) is 0.340. The van der Waals surface area contributed by atoms with E-state index in [-0.39, 0.29) is 6.61 Å². The Balaban J connectivity index is 2.65. The Morgan fingerprint density at radius 2 is 1.68 bits per heavy atom. The monoisotopic (exact) mass is 296 g/mol. The van der Waals surface area contributed by atoms with Crippen LogP contribution in [0.1, 0.15) is 32.6 Å². The topological polar surface area (TPSA) is 116 Å². The lowest BCUT2D eigenvalue weighted by atomic mass is 9.79. The first kappa shape index (κ1) is 15.9. The van der Waals surface area contributed by atoms with Gasteiger partial charge in [0.15, 0.2) is 0 Å². The number of rotatable bonds is 5. The molecule has 1 N–H and O–H groups in total. The fourth-order valence-electron chi connectivity index (χ4n) is 2.08. The minimum atomic E-state index is -4.87. The van der Waals surface area contributed by atoms with Crippen molar-refractivity contribution in [2.24, 2.45) is 11.8 Å². The van der Waals surface area contributed by atoms with Gasteiger partial charge < -0.3 is 4.74 Å². The highest BCUT2D eigenvalue weighted by atomic mass is 32.3. The van der Waals surface area contributed by atoms with E-state index >= 15 is 0 Å². The second-order valence-electron chi connectivity index (χ2n) is 4.15. The van der Waals surface area contributed by atoms with Crippen molar-refractivity contribution in [3.8, 4) is 0 Å². The molecule has 0 amide bonds. The first-order valence-electron chi connectivity index (χ1n) is 5.89. The molecule has 19 heavy (non-hydrogen) atoms. The third-order valence-corrected chi connectivity index (χ3v) is 3.10. The van der Waals surface area contributed by atoms with Gasteiger partial charge in [-0.3, -0.25) is 14.2 Å². The molecular weight excluding hydrogens is 280 g/mol. The van der Waals surface area contributed by atoms with Gasteiger partial charge in [-0.25, -0.2) is 4.79 Å². The fourth-order valence-corrected chi connectivity index (χ4v) is 2.24. The summed E-state index contributed by atoms with van der Waals surface area (Å²) < 4.78 is 37.3. The third kappa shape index (κ3) is 5.13. The van der Waals surface area contributed by atoms with Crippen LogP contribution in [0.25, 0.3) is 0 Å². The van der Waals surface area contributed by atoms with Crippen LogP contribution >= 0.6 is 0 Å². The molecule has 0 radical (unpaired) electrons. The number of hydrogen-bond acceptors (Lipinski definition) is 7. The zero-order valence-corrected chi connectivity index (χ0v) is 11.2. The van der Waals surface area contributed by atoms with Crippen molar-refractivity contribution >= 4 is 22.3 Å². The SMILES string of the molecule is CCOC(=O)C1CCCCC1C(=O)OOS(=O)(=O)O. The fraction of sp³-hybridized carbons (Fsp3) is 0.800. The Morgan fingerprint density at radius 3 is 2.16 bits per heavy atom. The van der Waals surface area contributed by atoms with Crippen molar-refractivity contribution in [3.63, 3.8) is 0 Å². The first-order chi connectivity index (χ1) is 8.85. The molecule has 0 spiro atoms. The highest BCUT2D eigenvalue weighted by Crippen LogP contribution is 2.32. The highest BCUT2D eigenvalue weighted by Gasteiger charge is 2.38. The molecule has 9 heteroatoms. The van der Waals surface area contributed by atoms with Crippen molar-refractivity contribution in [1.29, 1.82) is 0 Å². The molecule has 110 valence electrons. The van der Waals surface area contributed by atoms with Gasteiger partial charge in [-0.1, -0.05) is 12.8 Å². The van der Waals surface area contributed by atoms with Gasteiger partial charge in [-0.15, -0.1) is 0 Å². The molecule has 0 aliphatic heterocycles. The maximum absolute atomic E-state index is 11.7. The Kier molecular flexibility index (Phi) is 5.70. The first-order valence-corrected chi connectivity index (χ1v) is 7.25. The summed E-state index contributed by atoms with van der Waals surface area (Å²) in [4.78, 5) is 27.3. The molecule has 0 aromatic heterocycles. The molecule has 0 bridgehead atoms. The minimum Gasteiger partial charge on any atom is -0.466 e. The third-order valence-electron chi connectivity index (χ3n) is 2.86. The number of esters is 1. The average Bonchev–Trinajstić information content (AvgIpc) is 2.35. The van der Waals surface area contributed by atoms with Crippen LogP contribution in [0.3, 0.4) is 0 Å². The van der Waals surface area contributed by atoms with E-state index in [2.05, 4.69) is 9.22 Å². The predicted octanol–water partition coefficient (Wildman–Crippen LogP) is 0.634. The van der Waals surface area contributed by atoms with Crippen molar-refractivity contribution in [1.82, 2.24) is 0 Å². The summed E-state index contributed by atoms with van der Waals surface area (Å²) in [6, 6.07) is 0. The summed E-state index contributed by atoms with van der Waals surface area (Å²) >= 11 is 0.